The Morgan fingerprint density at radius 2 is 2.00 bits per heavy atom. The van der Waals surface area contributed by atoms with Gasteiger partial charge in [0.25, 0.3) is 0 Å². The lowest BCUT2D eigenvalue weighted by atomic mass is 10.2. The van der Waals surface area contributed by atoms with E-state index in [1.54, 1.807) is 4.90 Å². The number of hydrogen-bond acceptors (Lipinski definition) is 6. The summed E-state index contributed by atoms with van der Waals surface area (Å²) in [4.78, 5) is 1.59. The van der Waals surface area contributed by atoms with Crippen LogP contribution in [-0.2, 0) is 9.84 Å². The molecule has 2 aliphatic heterocycles. The third-order valence-corrected chi connectivity index (χ3v) is 4.43. The molecule has 2 saturated heterocycles. The highest BCUT2D eigenvalue weighted by Gasteiger charge is 2.43. The van der Waals surface area contributed by atoms with Gasteiger partial charge in [0, 0.05) is 13.1 Å². The van der Waals surface area contributed by atoms with Crippen LogP contribution in [0.2, 0.25) is 0 Å². The van der Waals surface area contributed by atoms with Crippen LogP contribution < -0.4 is 5.32 Å². The highest BCUT2D eigenvalue weighted by Crippen LogP contribution is 2.20. The van der Waals surface area contributed by atoms with E-state index in [1.165, 1.54) is 0 Å². The molecule has 2 aliphatic rings. The van der Waals surface area contributed by atoms with Crippen LogP contribution in [0.4, 0.5) is 0 Å². The Hall–Kier alpha value is -0.210. The van der Waals surface area contributed by atoms with E-state index in [0.717, 1.165) is 0 Å². The van der Waals surface area contributed by atoms with E-state index in [9.17, 15) is 18.6 Å². The number of rotatable bonds is 1. The van der Waals surface area contributed by atoms with E-state index in [1.807, 2.05) is 0 Å². The Balaban J connectivity index is 2.12. The van der Waals surface area contributed by atoms with Gasteiger partial charge < -0.3 is 10.2 Å². The lowest BCUT2D eigenvalue weighted by Gasteiger charge is -2.27. The monoisotopic (exact) mass is 222 g/mol. The van der Waals surface area contributed by atoms with Crippen molar-refractivity contribution in [1.29, 1.82) is 0 Å². The summed E-state index contributed by atoms with van der Waals surface area (Å²) in [6.45, 7) is 1.18. The number of nitrogens with zero attached hydrogens (tertiary/aromatic N) is 1. The zero-order valence-corrected chi connectivity index (χ0v) is 8.44. The predicted octanol–water partition coefficient (Wildman–Crippen LogP) is -2.67. The number of aliphatic hydroxyl groups excluding tert-OH is 2. The SMILES string of the molecule is O=S1(=O)CC(O)C(N2CCNC2O)C1. The van der Waals surface area contributed by atoms with E-state index in [-0.39, 0.29) is 11.5 Å². The molecule has 2 fully saturated rings. The Morgan fingerprint density at radius 3 is 2.43 bits per heavy atom. The molecular weight excluding hydrogens is 208 g/mol. The molecule has 0 amide bonds. The molecule has 0 aromatic carbocycles. The topological polar surface area (TPSA) is 89.9 Å². The molecule has 0 saturated carbocycles. The number of aliphatic hydroxyl groups is 2. The largest absolute Gasteiger partial charge is 0.390 e. The van der Waals surface area contributed by atoms with E-state index < -0.39 is 28.3 Å². The van der Waals surface area contributed by atoms with Gasteiger partial charge in [-0.25, -0.2) is 8.42 Å². The molecule has 14 heavy (non-hydrogen) atoms. The van der Waals surface area contributed by atoms with Crippen molar-refractivity contribution in [2.75, 3.05) is 24.6 Å². The molecule has 2 rings (SSSR count). The van der Waals surface area contributed by atoms with E-state index in [2.05, 4.69) is 5.32 Å². The van der Waals surface area contributed by atoms with Gasteiger partial charge in [-0.1, -0.05) is 0 Å². The minimum atomic E-state index is -3.14. The van der Waals surface area contributed by atoms with Crippen molar-refractivity contribution in [3.8, 4) is 0 Å². The quantitative estimate of drug-likeness (QED) is 0.448. The molecule has 82 valence electrons. The third-order valence-electron chi connectivity index (χ3n) is 2.73. The average molecular weight is 222 g/mol. The van der Waals surface area contributed by atoms with Crippen molar-refractivity contribution in [2.45, 2.75) is 18.5 Å². The normalized spacial score (nSPS) is 43.1. The molecule has 0 spiro atoms. The fourth-order valence-electron chi connectivity index (χ4n) is 2.04. The average Bonchev–Trinajstić information content (AvgIpc) is 2.55. The van der Waals surface area contributed by atoms with Crippen molar-refractivity contribution >= 4 is 9.84 Å². The molecule has 3 unspecified atom stereocenters. The predicted molar refractivity (Wildman–Crippen MR) is 49.2 cm³/mol. The Morgan fingerprint density at radius 1 is 1.29 bits per heavy atom. The van der Waals surface area contributed by atoms with Gasteiger partial charge in [0.2, 0.25) is 0 Å². The van der Waals surface area contributed by atoms with Crippen LogP contribution in [0.3, 0.4) is 0 Å². The van der Waals surface area contributed by atoms with Gasteiger partial charge in [0.1, 0.15) is 0 Å². The lowest BCUT2D eigenvalue weighted by Crippen LogP contribution is -2.48. The van der Waals surface area contributed by atoms with Crippen molar-refractivity contribution in [3.05, 3.63) is 0 Å². The molecule has 0 aromatic rings. The molecule has 3 atom stereocenters. The van der Waals surface area contributed by atoms with Crippen LogP contribution in [0.25, 0.3) is 0 Å². The summed E-state index contributed by atoms with van der Waals surface area (Å²) in [7, 11) is -3.14. The van der Waals surface area contributed by atoms with Gasteiger partial charge in [-0.15, -0.1) is 0 Å². The summed E-state index contributed by atoms with van der Waals surface area (Å²) >= 11 is 0. The number of nitrogens with one attached hydrogen (secondary N) is 1. The minimum absolute atomic E-state index is 0.0626. The first kappa shape index (κ1) is 10.3. The first-order valence-electron chi connectivity index (χ1n) is 4.55. The Labute approximate surface area is 82.4 Å². The van der Waals surface area contributed by atoms with Crippen molar-refractivity contribution in [1.82, 2.24) is 10.2 Å². The molecule has 0 aromatic heterocycles. The molecular formula is C7H14N2O4S. The van der Waals surface area contributed by atoms with Crippen LogP contribution in [0, 0.1) is 0 Å². The molecule has 0 aliphatic carbocycles. The van der Waals surface area contributed by atoms with Crippen molar-refractivity contribution in [2.24, 2.45) is 0 Å². The maximum Gasteiger partial charge on any atom is 0.163 e. The van der Waals surface area contributed by atoms with Gasteiger partial charge >= 0.3 is 0 Å². The van der Waals surface area contributed by atoms with Gasteiger partial charge in [0.15, 0.2) is 16.2 Å². The van der Waals surface area contributed by atoms with Crippen LogP contribution in [0.1, 0.15) is 0 Å². The van der Waals surface area contributed by atoms with Crippen LogP contribution in [0.5, 0.6) is 0 Å². The summed E-state index contributed by atoms with van der Waals surface area (Å²) in [5, 5.41) is 21.8. The summed E-state index contributed by atoms with van der Waals surface area (Å²) in [5.74, 6) is -0.256. The molecule has 3 N–H and O–H groups in total. The Bertz CT molecular complexity index is 318. The smallest absolute Gasteiger partial charge is 0.163 e. The maximum atomic E-state index is 11.2. The first-order valence-corrected chi connectivity index (χ1v) is 6.37. The van der Waals surface area contributed by atoms with Gasteiger partial charge in [-0.05, 0) is 0 Å². The fraction of sp³-hybridized carbons (Fsp3) is 1.00. The highest BCUT2D eigenvalue weighted by molar-refractivity contribution is 7.91. The maximum absolute atomic E-state index is 11.2. The second kappa shape index (κ2) is 3.42. The fourth-order valence-corrected chi connectivity index (χ4v) is 3.85. The van der Waals surface area contributed by atoms with Gasteiger partial charge in [0.05, 0.1) is 23.7 Å². The van der Waals surface area contributed by atoms with Gasteiger partial charge in [-0.3, -0.25) is 10.2 Å². The standard InChI is InChI=1S/C7H14N2O4S/c10-6-4-14(12,13)3-5(6)9-2-1-8-7(9)11/h5-8,10-11H,1-4H2. The third kappa shape index (κ3) is 1.78. The number of hydrogen-bond donors (Lipinski definition) is 3. The summed E-state index contributed by atoms with van der Waals surface area (Å²) in [6, 6.07) is -0.468. The van der Waals surface area contributed by atoms with Crippen LogP contribution >= 0.6 is 0 Å². The van der Waals surface area contributed by atoms with Crippen LogP contribution in [0.15, 0.2) is 0 Å². The summed E-state index contributed by atoms with van der Waals surface area (Å²) < 4.78 is 22.5. The summed E-state index contributed by atoms with van der Waals surface area (Å²) in [5.41, 5.74) is 0. The molecule has 0 radical (unpaired) electrons. The van der Waals surface area contributed by atoms with Crippen LogP contribution in [-0.4, -0.2) is 66.6 Å². The number of sulfone groups is 1. The second-order valence-corrected chi connectivity index (χ2v) is 5.93. The highest BCUT2D eigenvalue weighted by atomic mass is 32.2. The Kier molecular flexibility index (Phi) is 2.52. The van der Waals surface area contributed by atoms with E-state index in [0.29, 0.717) is 13.1 Å². The zero-order valence-electron chi connectivity index (χ0n) is 7.63. The van der Waals surface area contributed by atoms with Crippen molar-refractivity contribution < 1.29 is 18.6 Å². The van der Waals surface area contributed by atoms with E-state index in [4.69, 9.17) is 0 Å². The first-order chi connectivity index (χ1) is 6.49. The summed E-state index contributed by atoms with van der Waals surface area (Å²) in [6.07, 6.45) is -1.71. The van der Waals surface area contributed by atoms with E-state index >= 15 is 0 Å². The second-order valence-electron chi connectivity index (χ2n) is 3.78. The lowest BCUT2D eigenvalue weighted by molar-refractivity contribution is -0.0294. The molecule has 0 bridgehead atoms. The minimum Gasteiger partial charge on any atom is -0.390 e. The molecule has 7 heteroatoms. The van der Waals surface area contributed by atoms with Crippen molar-refractivity contribution in [3.63, 3.8) is 0 Å². The molecule has 2 heterocycles. The van der Waals surface area contributed by atoms with Gasteiger partial charge in [-0.2, -0.15) is 0 Å². The zero-order chi connectivity index (χ0) is 10.3. The molecule has 6 nitrogen and oxygen atoms in total.